The van der Waals surface area contributed by atoms with Gasteiger partial charge in [0.25, 0.3) is 0 Å². The van der Waals surface area contributed by atoms with Gasteiger partial charge in [0.05, 0.1) is 0 Å². The molecular formula is C6H11BrO2. The first-order chi connectivity index (χ1) is 4.09. The van der Waals surface area contributed by atoms with E-state index in [-0.39, 0.29) is 10.7 Å². The van der Waals surface area contributed by atoms with Gasteiger partial charge in [-0.1, -0.05) is 36.2 Å². The van der Waals surface area contributed by atoms with Crippen LogP contribution in [0, 0.1) is 5.92 Å². The lowest BCUT2D eigenvalue weighted by Gasteiger charge is -2.10. The molecule has 0 radical (unpaired) electrons. The van der Waals surface area contributed by atoms with Crippen LogP contribution in [0.5, 0.6) is 0 Å². The third kappa shape index (κ3) is 2.84. The molecule has 0 aliphatic carbocycles. The van der Waals surface area contributed by atoms with Gasteiger partial charge in [-0.25, -0.2) is 0 Å². The van der Waals surface area contributed by atoms with E-state index in [0.29, 0.717) is 0 Å². The van der Waals surface area contributed by atoms with Gasteiger partial charge < -0.3 is 5.11 Å². The van der Waals surface area contributed by atoms with Crippen LogP contribution < -0.4 is 0 Å². The Labute approximate surface area is 63.4 Å². The highest BCUT2D eigenvalue weighted by Gasteiger charge is 2.18. The fourth-order valence-electron chi connectivity index (χ4n) is 0.450. The molecule has 0 aliphatic rings. The second-order valence-electron chi connectivity index (χ2n) is 2.13. The van der Waals surface area contributed by atoms with Crippen molar-refractivity contribution in [3.05, 3.63) is 0 Å². The molecule has 0 fully saturated rings. The Kier molecular flexibility index (Phi) is 3.86. The zero-order valence-corrected chi connectivity index (χ0v) is 7.18. The van der Waals surface area contributed by atoms with Crippen molar-refractivity contribution in [1.29, 1.82) is 0 Å². The van der Waals surface area contributed by atoms with Gasteiger partial charge >= 0.3 is 5.97 Å². The van der Waals surface area contributed by atoms with Crippen LogP contribution in [-0.2, 0) is 4.79 Å². The Morgan fingerprint density at radius 3 is 2.33 bits per heavy atom. The maximum absolute atomic E-state index is 10.3. The number of carboxylic acids is 1. The van der Waals surface area contributed by atoms with Crippen LogP contribution >= 0.6 is 15.9 Å². The number of aliphatic carboxylic acids is 1. The van der Waals surface area contributed by atoms with E-state index in [1.54, 1.807) is 0 Å². The maximum Gasteiger partial charge on any atom is 0.317 e. The van der Waals surface area contributed by atoms with Crippen LogP contribution in [0.2, 0.25) is 0 Å². The predicted molar refractivity (Wildman–Crippen MR) is 39.8 cm³/mol. The Hall–Kier alpha value is -0.0500. The van der Waals surface area contributed by atoms with Crippen molar-refractivity contribution < 1.29 is 9.90 Å². The number of alkyl halides is 1. The molecule has 2 atom stereocenters. The predicted octanol–water partition coefficient (Wildman–Crippen LogP) is 1.88. The van der Waals surface area contributed by atoms with Crippen molar-refractivity contribution in [3.63, 3.8) is 0 Å². The number of carboxylic acid groups (broad SMARTS) is 1. The zero-order valence-electron chi connectivity index (χ0n) is 5.60. The average molecular weight is 195 g/mol. The summed E-state index contributed by atoms with van der Waals surface area (Å²) in [5, 5.41) is 8.44. The van der Waals surface area contributed by atoms with Crippen molar-refractivity contribution in [2.75, 3.05) is 0 Å². The van der Waals surface area contributed by atoms with Crippen LogP contribution in [0.3, 0.4) is 0 Å². The molecule has 0 spiro atoms. The maximum atomic E-state index is 10.3. The minimum absolute atomic E-state index is 0.211. The van der Waals surface area contributed by atoms with E-state index >= 15 is 0 Å². The van der Waals surface area contributed by atoms with E-state index in [4.69, 9.17) is 5.11 Å². The van der Waals surface area contributed by atoms with Crippen LogP contribution in [0.15, 0.2) is 0 Å². The van der Waals surface area contributed by atoms with Crippen LogP contribution in [0.1, 0.15) is 20.3 Å². The van der Waals surface area contributed by atoms with Crippen molar-refractivity contribution in [2.24, 2.45) is 5.92 Å². The summed E-state index contributed by atoms with van der Waals surface area (Å²) in [6.45, 7) is 3.88. The average Bonchev–Trinajstić information content (AvgIpc) is 1.84. The zero-order chi connectivity index (χ0) is 7.44. The molecule has 1 N–H and O–H groups in total. The summed E-state index contributed by atoms with van der Waals surface area (Å²) < 4.78 is 0. The Balaban J connectivity index is 3.72. The highest BCUT2D eigenvalue weighted by atomic mass is 79.9. The number of rotatable bonds is 3. The minimum Gasteiger partial charge on any atom is -0.480 e. The molecule has 0 amide bonds. The van der Waals surface area contributed by atoms with Crippen molar-refractivity contribution >= 4 is 21.9 Å². The summed E-state index contributed by atoms with van der Waals surface area (Å²) in [4.78, 5) is 9.87. The molecule has 0 saturated carbocycles. The summed E-state index contributed by atoms with van der Waals surface area (Å²) in [7, 11) is 0. The van der Waals surface area contributed by atoms with Gasteiger partial charge in [0.15, 0.2) is 0 Å². The minimum atomic E-state index is -0.774. The van der Waals surface area contributed by atoms with E-state index in [2.05, 4.69) is 15.9 Å². The van der Waals surface area contributed by atoms with E-state index in [1.807, 2.05) is 13.8 Å². The molecule has 0 heterocycles. The summed E-state index contributed by atoms with van der Waals surface area (Å²) in [6, 6.07) is 0. The molecule has 0 aromatic heterocycles. The first kappa shape index (κ1) is 8.95. The quantitative estimate of drug-likeness (QED) is 0.698. The lowest BCUT2D eigenvalue weighted by molar-refractivity contribution is -0.137. The fraction of sp³-hybridized carbons (Fsp3) is 0.833. The van der Waals surface area contributed by atoms with E-state index in [9.17, 15) is 4.79 Å². The van der Waals surface area contributed by atoms with E-state index < -0.39 is 5.97 Å². The van der Waals surface area contributed by atoms with Gasteiger partial charge in [0.2, 0.25) is 0 Å². The molecular weight excluding hydrogens is 184 g/mol. The number of hydrogen-bond donors (Lipinski definition) is 1. The Morgan fingerprint density at radius 1 is 1.78 bits per heavy atom. The lowest BCUT2D eigenvalue weighted by atomic mass is 10.1. The molecule has 0 bridgehead atoms. The molecule has 0 saturated heterocycles. The SMILES string of the molecule is CC[C@H](C)[C@@H](Br)C(=O)O. The van der Waals surface area contributed by atoms with Crippen molar-refractivity contribution in [3.8, 4) is 0 Å². The van der Waals surface area contributed by atoms with Crippen LogP contribution in [0.4, 0.5) is 0 Å². The summed E-state index contributed by atoms with van der Waals surface area (Å²) in [6.07, 6.45) is 0.891. The van der Waals surface area contributed by atoms with Crippen LogP contribution in [0.25, 0.3) is 0 Å². The second kappa shape index (κ2) is 3.88. The molecule has 54 valence electrons. The highest BCUT2D eigenvalue weighted by molar-refractivity contribution is 9.10. The Morgan fingerprint density at radius 2 is 2.22 bits per heavy atom. The fourth-order valence-corrected chi connectivity index (χ4v) is 0.824. The van der Waals surface area contributed by atoms with Gasteiger partial charge in [-0.3, -0.25) is 4.79 Å². The molecule has 0 rings (SSSR count). The van der Waals surface area contributed by atoms with Crippen molar-refractivity contribution in [1.82, 2.24) is 0 Å². The number of halogens is 1. The summed E-state index contributed by atoms with van der Waals surface area (Å²) >= 11 is 3.07. The molecule has 3 heteroatoms. The number of hydrogen-bond acceptors (Lipinski definition) is 1. The monoisotopic (exact) mass is 194 g/mol. The lowest BCUT2D eigenvalue weighted by Crippen LogP contribution is -2.20. The molecule has 2 nitrogen and oxygen atoms in total. The molecule has 0 aromatic rings. The molecule has 0 unspecified atom stereocenters. The van der Waals surface area contributed by atoms with Gasteiger partial charge in [-0.2, -0.15) is 0 Å². The van der Waals surface area contributed by atoms with Crippen molar-refractivity contribution in [2.45, 2.75) is 25.1 Å². The van der Waals surface area contributed by atoms with Gasteiger partial charge in [0.1, 0.15) is 4.83 Å². The number of carbonyl (C=O) groups is 1. The normalized spacial score (nSPS) is 16.8. The topological polar surface area (TPSA) is 37.3 Å². The molecule has 0 aromatic carbocycles. The van der Waals surface area contributed by atoms with E-state index in [1.165, 1.54) is 0 Å². The van der Waals surface area contributed by atoms with Gasteiger partial charge in [0, 0.05) is 0 Å². The Bertz CT molecular complexity index is 103. The first-order valence-electron chi connectivity index (χ1n) is 2.96. The first-order valence-corrected chi connectivity index (χ1v) is 3.88. The van der Waals surface area contributed by atoms with Gasteiger partial charge in [-0.05, 0) is 5.92 Å². The van der Waals surface area contributed by atoms with Crippen LogP contribution in [-0.4, -0.2) is 15.9 Å². The summed E-state index contributed by atoms with van der Waals surface area (Å²) in [5.41, 5.74) is 0. The smallest absolute Gasteiger partial charge is 0.317 e. The van der Waals surface area contributed by atoms with E-state index in [0.717, 1.165) is 6.42 Å². The highest BCUT2D eigenvalue weighted by Crippen LogP contribution is 2.15. The molecule has 9 heavy (non-hydrogen) atoms. The third-order valence-electron chi connectivity index (χ3n) is 1.38. The standard InChI is InChI=1S/C6H11BrO2/c1-3-4(2)5(7)6(8)9/h4-5H,3H2,1-2H3,(H,8,9)/t4-,5+/m0/s1. The molecule has 0 aliphatic heterocycles. The largest absolute Gasteiger partial charge is 0.480 e. The van der Waals surface area contributed by atoms with Gasteiger partial charge in [-0.15, -0.1) is 0 Å². The second-order valence-corrected chi connectivity index (χ2v) is 3.11. The third-order valence-corrected chi connectivity index (χ3v) is 2.67. The summed E-state index contributed by atoms with van der Waals surface area (Å²) in [5.74, 6) is -0.563.